The molecule has 5 nitrogen and oxygen atoms in total. The van der Waals surface area contributed by atoms with E-state index in [-0.39, 0.29) is 11.7 Å². The van der Waals surface area contributed by atoms with Crippen molar-refractivity contribution in [1.82, 2.24) is 10.2 Å². The molecule has 1 aromatic heterocycles. The normalized spacial score (nSPS) is 19.8. The average Bonchev–Trinajstić information content (AvgIpc) is 3.46. The monoisotopic (exact) mass is 555 g/mol. The molecule has 4 rings (SSSR count). The number of thioether (sulfide) groups is 1. The number of amides is 1. The van der Waals surface area contributed by atoms with Crippen molar-refractivity contribution >= 4 is 58.0 Å². The highest BCUT2D eigenvalue weighted by molar-refractivity contribution is 7.98. The van der Waals surface area contributed by atoms with Crippen LogP contribution in [0, 0.1) is 12.7 Å². The second kappa shape index (κ2) is 9.40. The van der Waals surface area contributed by atoms with Crippen LogP contribution in [0.15, 0.2) is 17.3 Å². The number of carbonyl (C=O) groups excluding carboxylic acids is 1. The number of hydrogen-bond donors (Lipinski definition) is 1. The molecule has 0 saturated carbocycles. The molecule has 0 aliphatic carbocycles. The Morgan fingerprint density at radius 3 is 2.59 bits per heavy atom. The van der Waals surface area contributed by atoms with Gasteiger partial charge in [-0.05, 0) is 36.4 Å². The number of rotatable bonds is 5. The Kier molecular flexibility index (Phi) is 7.03. The van der Waals surface area contributed by atoms with Crippen molar-refractivity contribution in [2.24, 2.45) is 5.16 Å². The summed E-state index contributed by atoms with van der Waals surface area (Å²) in [6, 6.07) is 1.73. The van der Waals surface area contributed by atoms with E-state index in [0.29, 0.717) is 24.5 Å². The standard InChI is InChI=1S/C21H19Cl2F4N3O2S2/c1-10-12-8-30(9-15(12)34-18(10)19(31)28-3-4-33-2)16-7-20(32-29-16,21(25,26)27)11-5-13(22)17(24)14(23)6-11/h5-6H,3-4,7-9H2,1-2H3,(H,28,31). The van der Waals surface area contributed by atoms with E-state index in [0.717, 1.165) is 33.9 Å². The molecule has 13 heteroatoms. The van der Waals surface area contributed by atoms with Crippen LogP contribution in [0.4, 0.5) is 17.6 Å². The SMILES string of the molecule is CSCCNC(=O)c1sc2c(c1C)CN(C1=NOC(c3cc(Cl)c(F)c(Cl)c3)(C(F)(F)F)C1)C2. The van der Waals surface area contributed by atoms with Crippen molar-refractivity contribution in [3.05, 3.63) is 54.4 Å². The number of carbonyl (C=O) groups is 1. The van der Waals surface area contributed by atoms with E-state index in [9.17, 15) is 22.4 Å². The van der Waals surface area contributed by atoms with Gasteiger partial charge in [-0.2, -0.15) is 24.9 Å². The second-order valence-corrected chi connectivity index (χ2v) is 10.8. The van der Waals surface area contributed by atoms with Gasteiger partial charge >= 0.3 is 6.18 Å². The number of nitrogens with one attached hydrogen (secondary N) is 1. The lowest BCUT2D eigenvalue weighted by Gasteiger charge is -2.30. The highest BCUT2D eigenvalue weighted by atomic mass is 35.5. The Balaban J connectivity index is 1.54. The molecule has 2 aromatic rings. The maximum absolute atomic E-state index is 14.2. The lowest BCUT2D eigenvalue weighted by molar-refractivity contribution is -0.275. The van der Waals surface area contributed by atoms with Crippen LogP contribution >= 0.6 is 46.3 Å². The zero-order valence-corrected chi connectivity index (χ0v) is 21.1. The fourth-order valence-electron chi connectivity index (χ4n) is 3.95. The molecule has 2 aliphatic heterocycles. The molecule has 1 amide bonds. The summed E-state index contributed by atoms with van der Waals surface area (Å²) in [4.78, 5) is 20.7. The number of hydrogen-bond acceptors (Lipinski definition) is 6. The van der Waals surface area contributed by atoms with Crippen molar-refractivity contribution in [1.29, 1.82) is 0 Å². The Morgan fingerprint density at radius 2 is 2.00 bits per heavy atom. The molecule has 3 heterocycles. The summed E-state index contributed by atoms with van der Waals surface area (Å²) in [6.45, 7) is 2.99. The summed E-state index contributed by atoms with van der Waals surface area (Å²) in [5.74, 6) is -0.256. The van der Waals surface area contributed by atoms with Gasteiger partial charge in [0.2, 0.25) is 0 Å². The maximum Gasteiger partial charge on any atom is 0.435 e. The third-order valence-corrected chi connectivity index (χ3v) is 8.30. The van der Waals surface area contributed by atoms with Crippen LogP contribution in [0.25, 0.3) is 0 Å². The minimum Gasteiger partial charge on any atom is -0.372 e. The predicted molar refractivity (Wildman–Crippen MR) is 126 cm³/mol. The number of fused-ring (bicyclic) bond motifs is 1. The molecule has 1 atom stereocenters. The number of benzene rings is 1. The second-order valence-electron chi connectivity index (χ2n) is 7.92. The highest BCUT2D eigenvalue weighted by Crippen LogP contribution is 2.50. The number of alkyl halides is 3. The third-order valence-electron chi connectivity index (χ3n) is 5.82. The summed E-state index contributed by atoms with van der Waals surface area (Å²) in [6.07, 6.45) is -3.54. The minimum atomic E-state index is -4.87. The number of halogens is 6. The molecule has 0 radical (unpaired) electrons. The van der Waals surface area contributed by atoms with Gasteiger partial charge in [-0.3, -0.25) is 4.79 Å². The maximum atomic E-state index is 14.2. The van der Waals surface area contributed by atoms with E-state index in [1.165, 1.54) is 11.3 Å². The van der Waals surface area contributed by atoms with Gasteiger partial charge in [0, 0.05) is 29.3 Å². The van der Waals surface area contributed by atoms with E-state index >= 15 is 0 Å². The molecule has 0 fully saturated rings. The predicted octanol–water partition coefficient (Wildman–Crippen LogP) is 6.10. The quantitative estimate of drug-likeness (QED) is 0.275. The fourth-order valence-corrected chi connectivity index (χ4v) is 6.00. The van der Waals surface area contributed by atoms with E-state index in [1.54, 1.807) is 16.7 Å². The number of amidine groups is 1. The van der Waals surface area contributed by atoms with Gasteiger partial charge in [0.15, 0.2) is 5.82 Å². The first-order valence-corrected chi connectivity index (χ1v) is 13.0. The van der Waals surface area contributed by atoms with Gasteiger partial charge < -0.3 is 15.1 Å². The Hall–Kier alpha value is -1.69. The van der Waals surface area contributed by atoms with Crippen LogP contribution in [0.2, 0.25) is 10.0 Å². The zero-order chi connectivity index (χ0) is 24.8. The molecule has 184 valence electrons. The molecule has 1 unspecified atom stereocenters. The van der Waals surface area contributed by atoms with Gasteiger partial charge in [-0.15, -0.1) is 11.3 Å². The molecule has 2 aliphatic rings. The third kappa shape index (κ3) is 4.36. The Labute approximate surface area is 211 Å². The van der Waals surface area contributed by atoms with Crippen LogP contribution < -0.4 is 5.32 Å². The first-order valence-electron chi connectivity index (χ1n) is 10.1. The largest absolute Gasteiger partial charge is 0.435 e. The first kappa shape index (κ1) is 25.4. The Bertz CT molecular complexity index is 1150. The molecule has 1 N–H and O–H groups in total. The van der Waals surface area contributed by atoms with Crippen LogP contribution in [-0.4, -0.2) is 41.4 Å². The number of nitrogens with zero attached hydrogens (tertiary/aromatic N) is 2. The molecule has 34 heavy (non-hydrogen) atoms. The van der Waals surface area contributed by atoms with Crippen LogP contribution in [0.3, 0.4) is 0 Å². The van der Waals surface area contributed by atoms with Crippen molar-refractivity contribution in [2.45, 2.75) is 38.2 Å². The first-order chi connectivity index (χ1) is 16.0. The van der Waals surface area contributed by atoms with Crippen molar-refractivity contribution in [2.75, 3.05) is 18.6 Å². The van der Waals surface area contributed by atoms with Crippen molar-refractivity contribution in [3.8, 4) is 0 Å². The van der Waals surface area contributed by atoms with E-state index < -0.39 is 39.6 Å². The molecular formula is C21H19Cl2F4N3O2S2. The summed E-state index contributed by atoms with van der Waals surface area (Å²) in [5, 5.41) is 5.56. The summed E-state index contributed by atoms with van der Waals surface area (Å²) in [7, 11) is 0. The van der Waals surface area contributed by atoms with E-state index in [1.807, 2.05) is 13.2 Å². The lowest BCUT2D eigenvalue weighted by Crippen LogP contribution is -2.44. The topological polar surface area (TPSA) is 53.9 Å². The van der Waals surface area contributed by atoms with Gasteiger partial charge in [0.05, 0.1) is 27.9 Å². The fraction of sp³-hybridized carbons (Fsp3) is 0.429. The van der Waals surface area contributed by atoms with Crippen LogP contribution in [0.5, 0.6) is 0 Å². The van der Waals surface area contributed by atoms with E-state index in [4.69, 9.17) is 28.0 Å². The highest BCUT2D eigenvalue weighted by Gasteiger charge is 2.63. The van der Waals surface area contributed by atoms with Crippen LogP contribution in [-0.2, 0) is 23.5 Å². The van der Waals surface area contributed by atoms with Gasteiger partial charge in [0.25, 0.3) is 11.5 Å². The summed E-state index contributed by atoms with van der Waals surface area (Å²) < 4.78 is 56.5. The van der Waals surface area contributed by atoms with E-state index in [2.05, 4.69) is 10.5 Å². The molecular weight excluding hydrogens is 537 g/mol. The summed E-state index contributed by atoms with van der Waals surface area (Å²) in [5.41, 5.74) is -1.55. The van der Waals surface area contributed by atoms with Gasteiger partial charge in [0.1, 0.15) is 5.84 Å². The number of thiophene rings is 1. The van der Waals surface area contributed by atoms with Gasteiger partial charge in [-0.1, -0.05) is 28.4 Å². The molecule has 0 saturated heterocycles. The van der Waals surface area contributed by atoms with Gasteiger partial charge in [-0.25, -0.2) is 4.39 Å². The smallest absolute Gasteiger partial charge is 0.372 e. The average molecular weight is 556 g/mol. The summed E-state index contributed by atoms with van der Waals surface area (Å²) >= 11 is 14.5. The molecule has 0 spiro atoms. The van der Waals surface area contributed by atoms with Crippen molar-refractivity contribution < 1.29 is 27.2 Å². The molecule has 1 aromatic carbocycles. The Morgan fingerprint density at radius 1 is 1.32 bits per heavy atom. The molecule has 0 bridgehead atoms. The van der Waals surface area contributed by atoms with Crippen molar-refractivity contribution in [3.63, 3.8) is 0 Å². The van der Waals surface area contributed by atoms with Crippen LogP contribution in [0.1, 0.15) is 37.7 Å². The number of oxime groups is 1. The minimum absolute atomic E-state index is 0.0997. The lowest BCUT2D eigenvalue weighted by atomic mass is 9.89. The zero-order valence-electron chi connectivity index (χ0n) is 18.0.